The van der Waals surface area contributed by atoms with Crippen LogP contribution in [0.25, 0.3) is 0 Å². The highest BCUT2D eigenvalue weighted by molar-refractivity contribution is 5.69. The molecule has 2 aliphatic rings. The van der Waals surface area contributed by atoms with Gasteiger partial charge in [-0.15, -0.1) is 0 Å². The molecule has 0 spiro atoms. The molecular formula is C51H98O14. The lowest BCUT2D eigenvalue weighted by atomic mass is 9.98. The van der Waals surface area contributed by atoms with Gasteiger partial charge in [0.2, 0.25) is 0 Å². The fourth-order valence-electron chi connectivity index (χ4n) is 8.76. The molecule has 14 nitrogen and oxygen atoms in total. The average molecular weight is 935 g/mol. The average Bonchev–Trinajstić information content (AvgIpc) is 3.30. The molecule has 11 atom stereocenters. The third-order valence-electron chi connectivity index (χ3n) is 13.1. The van der Waals surface area contributed by atoms with E-state index < -0.39 is 80.7 Å². The van der Waals surface area contributed by atoms with Crippen LogP contribution in [0.1, 0.15) is 219 Å². The minimum atomic E-state index is -1.70. The highest BCUT2D eigenvalue weighted by Gasteiger charge is 2.47. The zero-order valence-corrected chi connectivity index (χ0v) is 41.0. The molecule has 0 aliphatic carbocycles. The Hall–Kier alpha value is -1.01. The number of esters is 1. The topological polar surface area (TPSA) is 214 Å². The van der Waals surface area contributed by atoms with E-state index in [1.54, 1.807) is 0 Å². The van der Waals surface area contributed by atoms with Crippen LogP contribution < -0.4 is 0 Å². The number of rotatable bonds is 43. The monoisotopic (exact) mass is 935 g/mol. The van der Waals surface area contributed by atoms with Gasteiger partial charge in [-0.2, -0.15) is 0 Å². The Morgan fingerprint density at radius 1 is 0.446 bits per heavy atom. The van der Waals surface area contributed by atoms with E-state index in [0.717, 1.165) is 38.5 Å². The maximum atomic E-state index is 12.9. The largest absolute Gasteiger partial charge is 0.457 e. The zero-order valence-electron chi connectivity index (χ0n) is 41.0. The van der Waals surface area contributed by atoms with Crippen LogP contribution in [0.2, 0.25) is 0 Å². The molecule has 2 heterocycles. The van der Waals surface area contributed by atoms with Crippen LogP contribution in [-0.4, -0.2) is 142 Å². The lowest BCUT2D eigenvalue weighted by Gasteiger charge is -2.42. The molecule has 0 bridgehead atoms. The van der Waals surface area contributed by atoms with Gasteiger partial charge in [0.05, 0.1) is 26.4 Å². The van der Waals surface area contributed by atoms with Crippen LogP contribution in [0.15, 0.2) is 0 Å². The second-order valence-corrected chi connectivity index (χ2v) is 19.1. The van der Waals surface area contributed by atoms with E-state index in [4.69, 9.17) is 28.4 Å². The highest BCUT2D eigenvalue weighted by atomic mass is 16.7. The van der Waals surface area contributed by atoms with Gasteiger partial charge in [-0.1, -0.05) is 200 Å². The van der Waals surface area contributed by atoms with Crippen molar-refractivity contribution in [1.29, 1.82) is 0 Å². The van der Waals surface area contributed by atoms with Crippen LogP contribution in [0.4, 0.5) is 0 Å². The Morgan fingerprint density at radius 2 is 0.815 bits per heavy atom. The summed E-state index contributed by atoms with van der Waals surface area (Å²) in [5.41, 5.74) is 0. The molecule has 14 heteroatoms. The number of carbonyl (C=O) groups excluding carboxylic acids is 1. The van der Waals surface area contributed by atoms with Crippen molar-refractivity contribution in [3.8, 4) is 0 Å². The lowest BCUT2D eigenvalue weighted by Crippen LogP contribution is -2.61. The van der Waals surface area contributed by atoms with Crippen molar-refractivity contribution in [2.75, 3.05) is 33.0 Å². The van der Waals surface area contributed by atoms with Crippen molar-refractivity contribution in [2.45, 2.75) is 287 Å². The first-order valence-corrected chi connectivity index (χ1v) is 26.6. The van der Waals surface area contributed by atoms with Gasteiger partial charge in [0.1, 0.15) is 54.9 Å². The van der Waals surface area contributed by atoms with E-state index in [1.165, 1.54) is 154 Å². The second kappa shape index (κ2) is 39.8. The van der Waals surface area contributed by atoms with Crippen molar-refractivity contribution in [2.24, 2.45) is 0 Å². The molecule has 65 heavy (non-hydrogen) atoms. The number of hydrogen-bond donors (Lipinski definition) is 7. The number of aliphatic hydroxyl groups excluding tert-OH is 7. The van der Waals surface area contributed by atoms with Gasteiger partial charge in [-0.05, 0) is 12.8 Å². The molecule has 0 saturated carbocycles. The minimum Gasteiger partial charge on any atom is -0.457 e. The first kappa shape index (κ1) is 60.1. The van der Waals surface area contributed by atoms with Gasteiger partial charge < -0.3 is 64.2 Å². The van der Waals surface area contributed by atoms with E-state index in [2.05, 4.69) is 13.8 Å². The maximum Gasteiger partial charge on any atom is 0.306 e. The molecule has 386 valence electrons. The predicted octanol–water partition coefficient (Wildman–Crippen LogP) is 8.08. The molecular weight excluding hydrogens is 837 g/mol. The molecule has 2 fully saturated rings. The van der Waals surface area contributed by atoms with Gasteiger partial charge in [-0.25, -0.2) is 0 Å². The number of carbonyl (C=O) groups is 1. The normalized spacial score (nSPS) is 26.4. The van der Waals surface area contributed by atoms with Crippen LogP contribution in [0, 0.1) is 0 Å². The van der Waals surface area contributed by atoms with Gasteiger partial charge in [0, 0.05) is 13.0 Å². The molecule has 0 aromatic heterocycles. The molecule has 11 unspecified atom stereocenters. The molecule has 0 aromatic rings. The summed E-state index contributed by atoms with van der Waals surface area (Å²) < 4.78 is 34.2. The lowest BCUT2D eigenvalue weighted by molar-refractivity contribution is -0.332. The summed E-state index contributed by atoms with van der Waals surface area (Å²) in [6.07, 6.45) is 23.6. The number of hydrogen-bond acceptors (Lipinski definition) is 14. The van der Waals surface area contributed by atoms with Gasteiger partial charge in [0.25, 0.3) is 0 Å². The van der Waals surface area contributed by atoms with E-state index in [1.807, 2.05) is 0 Å². The van der Waals surface area contributed by atoms with Crippen molar-refractivity contribution >= 4 is 5.97 Å². The van der Waals surface area contributed by atoms with Crippen LogP contribution in [0.5, 0.6) is 0 Å². The Balaban J connectivity index is 1.63. The highest BCUT2D eigenvalue weighted by Crippen LogP contribution is 2.27. The SMILES string of the molecule is CCCCCCCCCCCCCCCCCCCCCCCCCCOCC(COC1OC(COC2OC(CO)C(O)C(O)C2O)C(O)C(O)C1O)OC(=O)CCCCCCCCC. The van der Waals surface area contributed by atoms with E-state index >= 15 is 0 Å². The van der Waals surface area contributed by atoms with E-state index in [0.29, 0.717) is 13.0 Å². The van der Waals surface area contributed by atoms with Crippen molar-refractivity contribution in [3.63, 3.8) is 0 Å². The minimum absolute atomic E-state index is 0.0692. The van der Waals surface area contributed by atoms with Gasteiger partial charge in [-0.3, -0.25) is 4.79 Å². The van der Waals surface area contributed by atoms with E-state index in [-0.39, 0.29) is 25.6 Å². The molecule has 2 rings (SSSR count). The number of unbranched alkanes of at least 4 members (excludes halogenated alkanes) is 29. The summed E-state index contributed by atoms with van der Waals surface area (Å²) in [7, 11) is 0. The summed E-state index contributed by atoms with van der Waals surface area (Å²) in [6, 6.07) is 0. The van der Waals surface area contributed by atoms with E-state index in [9.17, 15) is 40.5 Å². The molecule has 2 saturated heterocycles. The van der Waals surface area contributed by atoms with Gasteiger partial charge >= 0.3 is 5.97 Å². The summed E-state index contributed by atoms with van der Waals surface area (Å²) in [5, 5.41) is 71.9. The first-order chi connectivity index (χ1) is 31.6. The third-order valence-corrected chi connectivity index (χ3v) is 13.1. The molecule has 0 radical (unpaired) electrons. The number of aliphatic hydroxyl groups is 7. The number of ether oxygens (including phenoxy) is 6. The molecule has 7 N–H and O–H groups in total. The van der Waals surface area contributed by atoms with Crippen molar-refractivity contribution in [1.82, 2.24) is 0 Å². The van der Waals surface area contributed by atoms with Crippen LogP contribution in [-0.2, 0) is 33.2 Å². The first-order valence-electron chi connectivity index (χ1n) is 26.6. The molecule has 2 aliphatic heterocycles. The van der Waals surface area contributed by atoms with Gasteiger partial charge in [0.15, 0.2) is 12.6 Å². The quantitative estimate of drug-likeness (QED) is 0.0228. The molecule has 0 aromatic carbocycles. The second-order valence-electron chi connectivity index (χ2n) is 19.1. The maximum absolute atomic E-state index is 12.9. The van der Waals surface area contributed by atoms with Crippen molar-refractivity contribution < 1.29 is 69.0 Å². The summed E-state index contributed by atoms with van der Waals surface area (Å²) >= 11 is 0. The standard InChI is InChI=1S/C51H98O14/c1-3-5-7-9-11-12-13-14-15-16-17-18-19-20-21-22-23-24-25-26-27-29-31-33-35-60-37-40(63-43(53)34-32-30-28-10-8-6-4-2)38-61-50-49(59)47(57)45(55)42(65-50)39-62-51-48(58)46(56)44(54)41(36-52)64-51/h40-42,44-52,54-59H,3-39H2,1-2H3. The van der Waals surface area contributed by atoms with Crippen molar-refractivity contribution in [3.05, 3.63) is 0 Å². The predicted molar refractivity (Wildman–Crippen MR) is 252 cm³/mol. The Bertz CT molecular complexity index is 1090. The van der Waals surface area contributed by atoms with Crippen LogP contribution in [0.3, 0.4) is 0 Å². The third kappa shape index (κ3) is 27.7. The summed E-state index contributed by atoms with van der Waals surface area (Å²) in [5.74, 6) is -0.378. The summed E-state index contributed by atoms with van der Waals surface area (Å²) in [4.78, 5) is 12.9. The molecule has 0 amide bonds. The smallest absolute Gasteiger partial charge is 0.306 e. The fraction of sp³-hybridized carbons (Fsp3) is 0.980. The Kier molecular flexibility index (Phi) is 36.8. The zero-order chi connectivity index (χ0) is 47.3. The Labute approximate surface area is 393 Å². The fourth-order valence-corrected chi connectivity index (χ4v) is 8.76. The summed E-state index contributed by atoms with van der Waals surface area (Å²) in [6.45, 7) is 3.68. The Morgan fingerprint density at radius 3 is 1.25 bits per heavy atom. The van der Waals surface area contributed by atoms with Crippen LogP contribution >= 0.6 is 0 Å².